The van der Waals surface area contributed by atoms with Crippen LogP contribution >= 0.6 is 0 Å². The Hall–Kier alpha value is -2.30. The Morgan fingerprint density at radius 3 is 2.65 bits per heavy atom. The van der Waals surface area contributed by atoms with Crippen molar-refractivity contribution in [2.24, 2.45) is 0 Å². The number of hydrogen-bond acceptors (Lipinski definition) is 4. The lowest BCUT2D eigenvalue weighted by atomic mass is 10.1. The zero-order chi connectivity index (χ0) is 16.7. The van der Waals surface area contributed by atoms with Crippen molar-refractivity contribution in [2.45, 2.75) is 33.6 Å². The van der Waals surface area contributed by atoms with Crippen LogP contribution in [0.4, 0.5) is 5.69 Å². The van der Waals surface area contributed by atoms with Gasteiger partial charge in [-0.25, -0.2) is 0 Å². The highest BCUT2D eigenvalue weighted by Crippen LogP contribution is 2.14. The number of carbonyl (C=O) groups excluding carboxylic acids is 1. The summed E-state index contributed by atoms with van der Waals surface area (Å²) >= 11 is 0. The van der Waals surface area contributed by atoms with Crippen molar-refractivity contribution in [1.29, 1.82) is 0 Å². The fourth-order valence-corrected chi connectivity index (χ4v) is 2.62. The molecular formula is C18H25N3O2. The number of anilines is 1. The van der Waals surface area contributed by atoms with Crippen molar-refractivity contribution in [3.05, 3.63) is 47.3 Å². The van der Waals surface area contributed by atoms with E-state index in [1.165, 1.54) is 5.69 Å². The summed E-state index contributed by atoms with van der Waals surface area (Å²) in [5.41, 5.74) is 2.52. The molecule has 0 aliphatic rings. The molecule has 1 aromatic heterocycles. The lowest BCUT2D eigenvalue weighted by molar-refractivity contribution is 0.0951. The molecule has 0 atom stereocenters. The minimum absolute atomic E-state index is 0.0941. The second kappa shape index (κ2) is 8.36. The third-order valence-corrected chi connectivity index (χ3v) is 3.89. The highest BCUT2D eigenvalue weighted by atomic mass is 16.5. The molecular weight excluding hydrogens is 290 g/mol. The molecule has 0 aliphatic carbocycles. The van der Waals surface area contributed by atoms with Gasteiger partial charge in [-0.2, -0.15) is 0 Å². The minimum Gasteiger partial charge on any atom is -0.372 e. The summed E-state index contributed by atoms with van der Waals surface area (Å²) in [4.78, 5) is 14.6. The van der Waals surface area contributed by atoms with Crippen molar-refractivity contribution in [3.63, 3.8) is 0 Å². The van der Waals surface area contributed by atoms with Gasteiger partial charge in [-0.1, -0.05) is 30.3 Å². The van der Waals surface area contributed by atoms with Gasteiger partial charge in [0.1, 0.15) is 11.3 Å². The van der Waals surface area contributed by atoms with E-state index >= 15 is 0 Å². The molecule has 23 heavy (non-hydrogen) atoms. The van der Waals surface area contributed by atoms with Gasteiger partial charge >= 0.3 is 0 Å². The number of benzene rings is 1. The SMILES string of the molecule is CCc1noc(C)c1C(=O)NCCCN(CC)c1ccccc1. The van der Waals surface area contributed by atoms with Crippen LogP contribution in [0, 0.1) is 6.92 Å². The molecule has 0 radical (unpaired) electrons. The highest BCUT2D eigenvalue weighted by molar-refractivity contribution is 5.96. The van der Waals surface area contributed by atoms with Gasteiger partial charge in [0, 0.05) is 25.3 Å². The number of nitrogens with zero attached hydrogens (tertiary/aromatic N) is 2. The van der Waals surface area contributed by atoms with E-state index in [-0.39, 0.29) is 5.91 Å². The number of rotatable bonds is 8. The third kappa shape index (κ3) is 4.34. The first-order chi connectivity index (χ1) is 11.2. The van der Waals surface area contributed by atoms with Crippen LogP contribution in [-0.4, -0.2) is 30.7 Å². The minimum atomic E-state index is -0.0941. The lowest BCUT2D eigenvalue weighted by Gasteiger charge is -2.23. The Labute approximate surface area is 137 Å². The van der Waals surface area contributed by atoms with E-state index in [0.29, 0.717) is 24.3 Å². The summed E-state index contributed by atoms with van der Waals surface area (Å²) in [6, 6.07) is 10.3. The molecule has 0 aliphatic heterocycles. The van der Waals surface area contributed by atoms with Crippen molar-refractivity contribution in [1.82, 2.24) is 10.5 Å². The Morgan fingerprint density at radius 2 is 2.00 bits per heavy atom. The van der Waals surface area contributed by atoms with Crippen molar-refractivity contribution in [2.75, 3.05) is 24.5 Å². The normalized spacial score (nSPS) is 10.6. The average Bonchev–Trinajstić information content (AvgIpc) is 2.96. The third-order valence-electron chi connectivity index (χ3n) is 3.89. The molecule has 0 unspecified atom stereocenters. The second-order valence-electron chi connectivity index (χ2n) is 5.44. The number of amides is 1. The summed E-state index contributed by atoms with van der Waals surface area (Å²) in [5.74, 6) is 0.488. The molecule has 1 heterocycles. The van der Waals surface area contributed by atoms with Crippen molar-refractivity contribution < 1.29 is 9.32 Å². The Kier molecular flexibility index (Phi) is 6.20. The average molecular weight is 315 g/mol. The molecule has 1 N–H and O–H groups in total. The number of carbonyl (C=O) groups is 1. The van der Waals surface area contributed by atoms with Gasteiger partial charge < -0.3 is 14.7 Å². The predicted molar refractivity (Wildman–Crippen MR) is 91.9 cm³/mol. The summed E-state index contributed by atoms with van der Waals surface area (Å²) in [7, 11) is 0. The molecule has 1 aromatic carbocycles. The summed E-state index contributed by atoms with van der Waals surface area (Å²) in [6.45, 7) is 8.37. The van der Waals surface area contributed by atoms with E-state index in [9.17, 15) is 4.79 Å². The maximum atomic E-state index is 12.3. The number of aromatic nitrogens is 1. The second-order valence-corrected chi connectivity index (χ2v) is 5.44. The van der Waals surface area contributed by atoms with Gasteiger partial charge in [0.2, 0.25) is 0 Å². The molecule has 2 aromatic rings. The molecule has 0 saturated carbocycles. The molecule has 0 spiro atoms. The van der Waals surface area contributed by atoms with Crippen LogP contribution < -0.4 is 10.2 Å². The predicted octanol–water partition coefficient (Wildman–Crippen LogP) is 3.19. The fourth-order valence-electron chi connectivity index (χ4n) is 2.62. The lowest BCUT2D eigenvalue weighted by Crippen LogP contribution is -2.30. The summed E-state index contributed by atoms with van der Waals surface area (Å²) in [6.07, 6.45) is 1.58. The zero-order valence-corrected chi connectivity index (χ0v) is 14.1. The molecule has 1 amide bonds. The molecule has 5 nitrogen and oxygen atoms in total. The van der Waals surface area contributed by atoms with E-state index in [0.717, 1.165) is 25.2 Å². The van der Waals surface area contributed by atoms with Crippen molar-refractivity contribution in [3.8, 4) is 0 Å². The Bertz CT molecular complexity index is 622. The number of para-hydroxylation sites is 1. The standard InChI is InChI=1S/C18H25N3O2/c1-4-16-17(14(3)23-20-16)18(22)19-12-9-13-21(5-2)15-10-7-6-8-11-15/h6-8,10-11H,4-5,9,12-13H2,1-3H3,(H,19,22). The molecule has 0 bridgehead atoms. The first-order valence-corrected chi connectivity index (χ1v) is 8.20. The zero-order valence-electron chi connectivity index (χ0n) is 14.1. The number of aryl methyl sites for hydroxylation is 2. The van der Waals surface area contributed by atoms with Crippen LogP contribution in [0.1, 0.15) is 42.1 Å². The van der Waals surface area contributed by atoms with Crippen molar-refractivity contribution >= 4 is 11.6 Å². The van der Waals surface area contributed by atoms with E-state index in [1.54, 1.807) is 6.92 Å². The van der Waals surface area contributed by atoms with Crippen LogP contribution in [-0.2, 0) is 6.42 Å². The van der Waals surface area contributed by atoms with Gasteiger partial charge in [0.25, 0.3) is 5.91 Å². The monoisotopic (exact) mass is 315 g/mol. The first-order valence-electron chi connectivity index (χ1n) is 8.20. The molecule has 0 fully saturated rings. The smallest absolute Gasteiger partial charge is 0.256 e. The maximum Gasteiger partial charge on any atom is 0.256 e. The van der Waals surface area contributed by atoms with E-state index in [2.05, 4.69) is 34.4 Å². The first kappa shape index (κ1) is 17.1. The molecule has 2 rings (SSSR count). The van der Waals surface area contributed by atoms with Crippen LogP contribution in [0.15, 0.2) is 34.9 Å². The largest absolute Gasteiger partial charge is 0.372 e. The summed E-state index contributed by atoms with van der Waals surface area (Å²) < 4.78 is 5.11. The van der Waals surface area contributed by atoms with E-state index < -0.39 is 0 Å². The van der Waals surface area contributed by atoms with Gasteiger partial charge in [0.15, 0.2) is 0 Å². The van der Waals surface area contributed by atoms with E-state index in [1.807, 2.05) is 25.1 Å². The summed E-state index contributed by atoms with van der Waals surface area (Å²) in [5, 5.41) is 6.89. The van der Waals surface area contributed by atoms with Crippen LogP contribution in [0.3, 0.4) is 0 Å². The fraction of sp³-hybridized carbons (Fsp3) is 0.444. The van der Waals surface area contributed by atoms with Gasteiger partial charge in [-0.05, 0) is 38.8 Å². The van der Waals surface area contributed by atoms with Crippen LogP contribution in [0.25, 0.3) is 0 Å². The maximum absolute atomic E-state index is 12.3. The van der Waals surface area contributed by atoms with Crippen LogP contribution in [0.5, 0.6) is 0 Å². The highest BCUT2D eigenvalue weighted by Gasteiger charge is 2.18. The van der Waals surface area contributed by atoms with E-state index in [4.69, 9.17) is 4.52 Å². The molecule has 124 valence electrons. The Morgan fingerprint density at radius 1 is 1.26 bits per heavy atom. The number of nitrogens with one attached hydrogen (secondary N) is 1. The molecule has 5 heteroatoms. The Balaban J connectivity index is 1.83. The quantitative estimate of drug-likeness (QED) is 0.760. The topological polar surface area (TPSA) is 58.4 Å². The van der Waals surface area contributed by atoms with Gasteiger partial charge in [-0.15, -0.1) is 0 Å². The molecule has 0 saturated heterocycles. The van der Waals surface area contributed by atoms with Gasteiger partial charge in [0.05, 0.1) is 5.69 Å². The van der Waals surface area contributed by atoms with Crippen LogP contribution in [0.2, 0.25) is 0 Å². The number of hydrogen-bond donors (Lipinski definition) is 1. The van der Waals surface area contributed by atoms with Gasteiger partial charge in [-0.3, -0.25) is 4.79 Å².